The molecule has 0 aliphatic carbocycles. The van der Waals surface area contributed by atoms with Gasteiger partial charge in [-0.1, -0.05) is 17.7 Å². The third-order valence-electron chi connectivity index (χ3n) is 2.34. The number of hydrogen-bond donors (Lipinski definition) is 0. The van der Waals surface area contributed by atoms with Gasteiger partial charge >= 0.3 is 0 Å². The summed E-state index contributed by atoms with van der Waals surface area (Å²) in [6.45, 7) is 4.09. The van der Waals surface area contributed by atoms with Crippen LogP contribution in [0.15, 0.2) is 23.2 Å². The van der Waals surface area contributed by atoms with E-state index in [1.54, 1.807) is 0 Å². The lowest BCUT2D eigenvalue weighted by Gasteiger charge is -2.21. The average molecular weight is 269 g/mol. The van der Waals surface area contributed by atoms with Crippen molar-refractivity contribution in [1.82, 2.24) is 0 Å². The zero-order valence-electron chi connectivity index (χ0n) is 9.74. The molecular formula is C12H13ClN2OS. The summed E-state index contributed by atoms with van der Waals surface area (Å²) in [5.74, 6) is -0.284. The lowest BCUT2D eigenvalue weighted by molar-refractivity contribution is -0.116. The van der Waals surface area contributed by atoms with Gasteiger partial charge in [-0.05, 0) is 37.7 Å². The number of carbonyl (C=O) groups is 1. The minimum absolute atomic E-state index is 0.0831. The van der Waals surface area contributed by atoms with Crippen LogP contribution in [0.25, 0.3) is 0 Å². The minimum atomic E-state index is -0.201. The summed E-state index contributed by atoms with van der Waals surface area (Å²) in [4.78, 5) is 17.0. The van der Waals surface area contributed by atoms with Crippen LogP contribution in [0.2, 0.25) is 0 Å². The van der Waals surface area contributed by atoms with Gasteiger partial charge in [0.2, 0.25) is 5.91 Å². The van der Waals surface area contributed by atoms with E-state index in [2.05, 4.69) is 22.4 Å². The first kappa shape index (κ1) is 13.8. The normalized spacial score (nSPS) is 9.59. The third-order valence-corrected chi connectivity index (χ3v) is 2.69. The van der Waals surface area contributed by atoms with Crippen LogP contribution in [0, 0.1) is 13.8 Å². The molecule has 0 spiro atoms. The zero-order chi connectivity index (χ0) is 12.8. The van der Waals surface area contributed by atoms with E-state index in [0.29, 0.717) is 0 Å². The maximum absolute atomic E-state index is 11.7. The Balaban J connectivity index is 3.11. The summed E-state index contributed by atoms with van der Waals surface area (Å²) in [6, 6.07) is 5.83. The number of rotatable bonds is 4. The van der Waals surface area contributed by atoms with Gasteiger partial charge < -0.3 is 0 Å². The van der Waals surface area contributed by atoms with Crippen molar-refractivity contribution in [2.45, 2.75) is 13.8 Å². The van der Waals surface area contributed by atoms with Crippen LogP contribution in [0.3, 0.4) is 0 Å². The lowest BCUT2D eigenvalue weighted by atomic mass is 10.1. The van der Waals surface area contributed by atoms with Gasteiger partial charge in [-0.15, -0.1) is 11.6 Å². The molecule has 3 nitrogen and oxygen atoms in total. The molecule has 0 aliphatic rings. The number of carbonyl (C=O) groups excluding carboxylic acids is 1. The van der Waals surface area contributed by atoms with Crippen molar-refractivity contribution in [2.24, 2.45) is 4.99 Å². The molecule has 0 heterocycles. The molecule has 0 aliphatic heterocycles. The van der Waals surface area contributed by atoms with E-state index in [-0.39, 0.29) is 18.5 Å². The number of aryl methyl sites for hydroxylation is 2. The average Bonchev–Trinajstić information content (AvgIpc) is 2.31. The number of alkyl halides is 1. The second-order valence-corrected chi connectivity index (χ2v) is 4.09. The van der Waals surface area contributed by atoms with Crippen molar-refractivity contribution in [2.75, 3.05) is 17.4 Å². The first-order valence-corrected chi connectivity index (χ1v) is 6.01. The van der Waals surface area contributed by atoms with Gasteiger partial charge in [0.15, 0.2) is 0 Å². The molecule has 0 saturated carbocycles. The van der Waals surface area contributed by atoms with E-state index in [1.165, 1.54) is 4.90 Å². The molecule has 0 N–H and O–H groups in total. The Morgan fingerprint density at radius 3 is 2.76 bits per heavy atom. The molecule has 0 bridgehead atoms. The molecule has 0 radical (unpaired) electrons. The number of amides is 1. The molecule has 0 aromatic heterocycles. The molecule has 0 fully saturated rings. The van der Waals surface area contributed by atoms with Crippen molar-refractivity contribution >= 4 is 40.6 Å². The van der Waals surface area contributed by atoms with Crippen molar-refractivity contribution in [3.63, 3.8) is 0 Å². The van der Waals surface area contributed by atoms with Gasteiger partial charge in [-0.3, -0.25) is 9.69 Å². The van der Waals surface area contributed by atoms with Crippen LogP contribution in [-0.2, 0) is 4.79 Å². The molecule has 1 rings (SSSR count). The highest BCUT2D eigenvalue weighted by atomic mass is 35.5. The van der Waals surface area contributed by atoms with E-state index < -0.39 is 0 Å². The molecule has 1 aromatic rings. The van der Waals surface area contributed by atoms with Crippen LogP contribution < -0.4 is 4.90 Å². The van der Waals surface area contributed by atoms with Crippen LogP contribution in [0.5, 0.6) is 0 Å². The van der Waals surface area contributed by atoms with Crippen LogP contribution in [0.4, 0.5) is 5.69 Å². The van der Waals surface area contributed by atoms with Gasteiger partial charge in [0.05, 0.1) is 5.16 Å². The largest absolute Gasteiger partial charge is 0.290 e. The van der Waals surface area contributed by atoms with Gasteiger partial charge in [0.1, 0.15) is 12.5 Å². The Kier molecular flexibility index (Phi) is 5.29. The number of aliphatic imine (C=N–C) groups is 1. The summed E-state index contributed by atoms with van der Waals surface area (Å²) < 4.78 is 0. The standard InChI is InChI=1S/C12H13ClN2OS/c1-9-3-4-11(10(2)5-9)15(7-14-8-17)12(16)6-13/h3-5H,6-7H2,1-2H3. The van der Waals surface area contributed by atoms with Crippen molar-refractivity contribution < 1.29 is 4.79 Å². The zero-order valence-corrected chi connectivity index (χ0v) is 11.3. The smallest absolute Gasteiger partial charge is 0.243 e. The second kappa shape index (κ2) is 6.50. The second-order valence-electron chi connectivity index (χ2n) is 3.64. The fraction of sp³-hybridized carbons (Fsp3) is 0.333. The van der Waals surface area contributed by atoms with Crippen molar-refractivity contribution in [3.8, 4) is 0 Å². The highest BCUT2D eigenvalue weighted by molar-refractivity contribution is 7.78. The summed E-state index contributed by atoms with van der Waals surface area (Å²) in [6.07, 6.45) is 0. The number of thiocarbonyl (C=S) groups is 1. The summed E-state index contributed by atoms with van der Waals surface area (Å²) in [5.41, 5.74) is 2.95. The van der Waals surface area contributed by atoms with Gasteiger partial charge in [-0.2, -0.15) is 0 Å². The van der Waals surface area contributed by atoms with Crippen LogP contribution in [-0.4, -0.2) is 23.6 Å². The van der Waals surface area contributed by atoms with E-state index in [4.69, 9.17) is 11.6 Å². The molecule has 5 heteroatoms. The predicted molar refractivity (Wildman–Crippen MR) is 74.0 cm³/mol. The van der Waals surface area contributed by atoms with Crippen LogP contribution >= 0.6 is 23.8 Å². The molecule has 90 valence electrons. The summed E-state index contributed by atoms with van der Waals surface area (Å²) in [7, 11) is 0. The molecule has 0 saturated heterocycles. The fourth-order valence-corrected chi connectivity index (χ4v) is 1.77. The van der Waals surface area contributed by atoms with E-state index in [9.17, 15) is 4.79 Å². The maximum atomic E-state index is 11.7. The van der Waals surface area contributed by atoms with Crippen molar-refractivity contribution in [1.29, 1.82) is 0 Å². The predicted octanol–water partition coefficient (Wildman–Crippen LogP) is 2.94. The Labute approximate surface area is 111 Å². The number of anilines is 1. The molecular weight excluding hydrogens is 256 g/mol. The van der Waals surface area contributed by atoms with Gasteiger partial charge in [0.25, 0.3) is 0 Å². The van der Waals surface area contributed by atoms with E-state index >= 15 is 0 Å². The summed E-state index contributed by atoms with van der Waals surface area (Å²) in [5, 5.41) is 2.25. The Bertz CT molecular complexity index is 470. The highest BCUT2D eigenvalue weighted by Crippen LogP contribution is 2.21. The Hall–Kier alpha value is -1.22. The number of halogens is 1. The van der Waals surface area contributed by atoms with E-state index in [1.807, 2.05) is 32.0 Å². The van der Waals surface area contributed by atoms with Gasteiger partial charge in [-0.25, -0.2) is 4.99 Å². The monoisotopic (exact) mass is 268 g/mol. The number of hydrogen-bond acceptors (Lipinski definition) is 3. The number of nitrogens with zero attached hydrogens (tertiary/aromatic N) is 2. The molecule has 0 atom stereocenters. The Morgan fingerprint density at radius 1 is 1.53 bits per heavy atom. The maximum Gasteiger partial charge on any atom is 0.243 e. The quantitative estimate of drug-likeness (QED) is 0.478. The lowest BCUT2D eigenvalue weighted by Crippen LogP contribution is -2.32. The van der Waals surface area contributed by atoms with E-state index in [0.717, 1.165) is 16.8 Å². The molecule has 0 unspecified atom stereocenters. The molecule has 1 aromatic carbocycles. The SMILES string of the molecule is Cc1ccc(N(CN=C=S)C(=O)CCl)c(C)c1. The highest BCUT2D eigenvalue weighted by Gasteiger charge is 2.15. The first-order valence-electron chi connectivity index (χ1n) is 5.07. The Morgan fingerprint density at radius 2 is 2.24 bits per heavy atom. The number of isothiocyanates is 1. The molecule has 1 amide bonds. The molecule has 17 heavy (non-hydrogen) atoms. The third kappa shape index (κ3) is 3.63. The van der Waals surface area contributed by atoms with Crippen molar-refractivity contribution in [3.05, 3.63) is 29.3 Å². The topological polar surface area (TPSA) is 32.7 Å². The minimum Gasteiger partial charge on any atom is -0.290 e. The fourth-order valence-electron chi connectivity index (χ4n) is 1.57. The number of benzene rings is 1. The van der Waals surface area contributed by atoms with Gasteiger partial charge in [0, 0.05) is 5.69 Å². The summed E-state index contributed by atoms with van der Waals surface area (Å²) >= 11 is 10.1. The van der Waals surface area contributed by atoms with Crippen LogP contribution in [0.1, 0.15) is 11.1 Å². The first-order chi connectivity index (χ1) is 8.10.